The molecule has 8 heteroatoms. The third-order valence-corrected chi connectivity index (χ3v) is 2.60. The molecule has 4 N–H and O–H groups in total. The Morgan fingerprint density at radius 3 is 2.60 bits per heavy atom. The summed E-state index contributed by atoms with van der Waals surface area (Å²) in [5.74, 6) is -0.179. The van der Waals surface area contributed by atoms with Gasteiger partial charge in [0, 0.05) is 6.07 Å². The smallest absolute Gasteiger partial charge is 0.491 e. The lowest BCUT2D eigenvalue weighted by molar-refractivity contribution is 0.379. The van der Waals surface area contributed by atoms with Gasteiger partial charge in [0.1, 0.15) is 5.69 Å². The van der Waals surface area contributed by atoms with E-state index in [-0.39, 0.29) is 28.6 Å². The van der Waals surface area contributed by atoms with Gasteiger partial charge in [-0.15, -0.1) is 8.42 Å². The minimum atomic E-state index is -4.17. The molecule has 0 radical (unpaired) electrons. The highest BCUT2D eigenvalue weighted by Crippen LogP contribution is 2.47. The highest BCUT2D eigenvalue weighted by Gasteiger charge is 2.30. The molecular formula is C7H8N2O5S. The van der Waals surface area contributed by atoms with Crippen LogP contribution in [-0.4, -0.2) is 15.5 Å². The van der Waals surface area contributed by atoms with Crippen LogP contribution in [0.5, 0.6) is 17.2 Å². The molecule has 0 aromatic heterocycles. The lowest BCUT2D eigenvalue weighted by Gasteiger charge is -2.07. The Bertz CT molecular complexity index is 525. The summed E-state index contributed by atoms with van der Waals surface area (Å²) < 4.78 is 36.3. The van der Waals surface area contributed by atoms with Crippen molar-refractivity contribution in [3.05, 3.63) is 6.07 Å². The Morgan fingerprint density at radius 2 is 2.00 bits per heavy atom. The first kappa shape index (κ1) is 9.71. The van der Waals surface area contributed by atoms with E-state index in [1.165, 1.54) is 13.2 Å². The number of methoxy groups -OCH3 is 1. The van der Waals surface area contributed by atoms with Crippen LogP contribution in [0.15, 0.2) is 6.07 Å². The van der Waals surface area contributed by atoms with Crippen LogP contribution in [0.3, 0.4) is 0 Å². The van der Waals surface area contributed by atoms with E-state index in [1.807, 2.05) is 0 Å². The van der Waals surface area contributed by atoms with E-state index in [2.05, 4.69) is 8.37 Å². The average Bonchev–Trinajstić information content (AvgIpc) is 2.28. The van der Waals surface area contributed by atoms with Gasteiger partial charge in [-0.3, -0.25) is 0 Å². The first-order valence-corrected chi connectivity index (χ1v) is 5.18. The SMILES string of the molecule is COc1c2cc(N)c(c1N)OS(=O)(=O)O2. The van der Waals surface area contributed by atoms with Crippen molar-refractivity contribution in [1.29, 1.82) is 0 Å². The molecule has 0 aliphatic carbocycles. The second kappa shape index (κ2) is 2.83. The summed E-state index contributed by atoms with van der Waals surface area (Å²) in [6.45, 7) is 0. The summed E-state index contributed by atoms with van der Waals surface area (Å²) >= 11 is 0. The molecule has 1 aromatic rings. The minimum Gasteiger partial charge on any atom is -0.491 e. The summed E-state index contributed by atoms with van der Waals surface area (Å²) in [5, 5.41) is 0. The number of ether oxygens (including phenoxy) is 1. The third kappa shape index (κ3) is 1.38. The standard InChI is InChI=1S/C7H8N2O5S/c1-12-7-4-2-3(8)6(5(7)9)14-15(10,11)13-4/h2H,8-9H2,1H3. The quantitative estimate of drug-likeness (QED) is 0.648. The molecule has 0 fully saturated rings. The lowest BCUT2D eigenvalue weighted by Crippen LogP contribution is -2.14. The lowest BCUT2D eigenvalue weighted by atomic mass is 10.2. The van der Waals surface area contributed by atoms with Crippen LogP contribution in [0.2, 0.25) is 0 Å². The van der Waals surface area contributed by atoms with E-state index in [0.717, 1.165) is 0 Å². The van der Waals surface area contributed by atoms with Crippen molar-refractivity contribution in [2.24, 2.45) is 0 Å². The molecule has 0 spiro atoms. The molecule has 2 heterocycles. The number of nitrogen functional groups attached to an aromatic ring is 2. The summed E-state index contributed by atoms with van der Waals surface area (Å²) in [7, 11) is -2.84. The molecule has 0 saturated heterocycles. The summed E-state index contributed by atoms with van der Waals surface area (Å²) in [6.07, 6.45) is 0. The molecule has 0 amide bonds. The van der Waals surface area contributed by atoms with Crippen molar-refractivity contribution in [2.45, 2.75) is 0 Å². The van der Waals surface area contributed by atoms with Crippen molar-refractivity contribution in [3.63, 3.8) is 0 Å². The van der Waals surface area contributed by atoms with Gasteiger partial charge in [0.15, 0.2) is 17.2 Å². The van der Waals surface area contributed by atoms with Gasteiger partial charge >= 0.3 is 10.4 Å². The van der Waals surface area contributed by atoms with Crippen molar-refractivity contribution in [2.75, 3.05) is 18.6 Å². The fourth-order valence-corrected chi connectivity index (χ4v) is 2.03. The molecule has 2 bridgehead atoms. The summed E-state index contributed by atoms with van der Waals surface area (Å²) in [5.41, 5.74) is 11.2. The van der Waals surface area contributed by atoms with E-state index in [1.54, 1.807) is 0 Å². The highest BCUT2D eigenvalue weighted by molar-refractivity contribution is 7.82. The van der Waals surface area contributed by atoms with Gasteiger partial charge in [0.25, 0.3) is 0 Å². The first-order valence-electron chi connectivity index (χ1n) is 3.84. The zero-order valence-corrected chi connectivity index (χ0v) is 8.50. The zero-order chi connectivity index (χ0) is 11.2. The van der Waals surface area contributed by atoms with Gasteiger partial charge in [0.2, 0.25) is 0 Å². The van der Waals surface area contributed by atoms with Crippen LogP contribution in [0, 0.1) is 0 Å². The number of fused-ring (bicyclic) bond motifs is 4. The Hall–Kier alpha value is -1.83. The van der Waals surface area contributed by atoms with Crippen molar-refractivity contribution in [3.8, 4) is 17.2 Å². The topological polar surface area (TPSA) is 114 Å². The maximum Gasteiger partial charge on any atom is 0.501 e. The Balaban J connectivity index is 2.78. The van der Waals surface area contributed by atoms with Crippen LogP contribution in [-0.2, 0) is 10.4 Å². The van der Waals surface area contributed by atoms with E-state index in [9.17, 15) is 8.42 Å². The predicted molar refractivity (Wildman–Crippen MR) is 52.0 cm³/mol. The molecule has 2 aliphatic rings. The van der Waals surface area contributed by atoms with E-state index in [0.29, 0.717) is 0 Å². The normalized spacial score (nSPS) is 16.3. The van der Waals surface area contributed by atoms with Gasteiger partial charge in [-0.1, -0.05) is 0 Å². The fraction of sp³-hybridized carbons (Fsp3) is 0.143. The Morgan fingerprint density at radius 1 is 1.33 bits per heavy atom. The molecule has 2 aliphatic heterocycles. The molecule has 15 heavy (non-hydrogen) atoms. The van der Waals surface area contributed by atoms with Crippen LogP contribution < -0.4 is 24.6 Å². The Labute approximate surface area is 85.9 Å². The van der Waals surface area contributed by atoms with Gasteiger partial charge in [-0.25, -0.2) is 0 Å². The maximum absolute atomic E-state index is 11.2. The molecule has 82 valence electrons. The summed E-state index contributed by atoms with van der Waals surface area (Å²) in [6, 6.07) is 1.27. The number of nitrogens with two attached hydrogens (primary N) is 2. The predicted octanol–water partition coefficient (Wildman–Crippen LogP) is -0.124. The number of hydrogen-bond acceptors (Lipinski definition) is 7. The number of hydrogen-bond donors (Lipinski definition) is 2. The molecular weight excluding hydrogens is 224 g/mol. The fourth-order valence-electron chi connectivity index (χ4n) is 1.26. The van der Waals surface area contributed by atoms with Gasteiger partial charge in [-0.2, -0.15) is 0 Å². The number of benzene rings is 1. The first-order chi connectivity index (χ1) is 6.94. The second-order valence-corrected chi connectivity index (χ2v) is 3.96. The van der Waals surface area contributed by atoms with Crippen molar-refractivity contribution < 1.29 is 21.5 Å². The molecule has 1 aromatic carbocycles. The molecule has 0 saturated carbocycles. The van der Waals surface area contributed by atoms with Crippen LogP contribution in [0.25, 0.3) is 0 Å². The van der Waals surface area contributed by atoms with E-state index in [4.69, 9.17) is 16.2 Å². The maximum atomic E-state index is 11.2. The van der Waals surface area contributed by atoms with Gasteiger partial charge in [0.05, 0.1) is 12.8 Å². The zero-order valence-electron chi connectivity index (χ0n) is 7.68. The minimum absolute atomic E-state index is 0.00595. The molecule has 0 atom stereocenters. The molecule has 7 nitrogen and oxygen atoms in total. The molecule has 0 unspecified atom stereocenters. The van der Waals surface area contributed by atoms with Crippen molar-refractivity contribution in [1.82, 2.24) is 0 Å². The number of anilines is 2. The molecule has 3 rings (SSSR count). The monoisotopic (exact) mass is 232 g/mol. The van der Waals surface area contributed by atoms with E-state index < -0.39 is 10.4 Å². The second-order valence-electron chi connectivity index (χ2n) is 2.81. The largest absolute Gasteiger partial charge is 0.501 e. The number of rotatable bonds is 1. The van der Waals surface area contributed by atoms with E-state index >= 15 is 0 Å². The van der Waals surface area contributed by atoms with Crippen LogP contribution >= 0.6 is 0 Å². The average molecular weight is 232 g/mol. The van der Waals surface area contributed by atoms with Gasteiger partial charge < -0.3 is 24.6 Å². The highest BCUT2D eigenvalue weighted by atomic mass is 32.3. The van der Waals surface area contributed by atoms with Crippen LogP contribution in [0.1, 0.15) is 0 Å². The Kier molecular flexibility index (Phi) is 1.83. The summed E-state index contributed by atoms with van der Waals surface area (Å²) in [4.78, 5) is 0. The van der Waals surface area contributed by atoms with Crippen LogP contribution in [0.4, 0.5) is 11.4 Å². The third-order valence-electron chi connectivity index (χ3n) is 1.84. The van der Waals surface area contributed by atoms with Gasteiger partial charge in [-0.05, 0) is 0 Å². The van der Waals surface area contributed by atoms with Crippen molar-refractivity contribution >= 4 is 21.8 Å².